The summed E-state index contributed by atoms with van der Waals surface area (Å²) in [7, 11) is 0. The maximum Gasteiger partial charge on any atom is 0.339 e. The first kappa shape index (κ1) is 16.0. The van der Waals surface area contributed by atoms with E-state index in [0.717, 1.165) is 0 Å². The normalized spacial score (nSPS) is 11.0. The zero-order valence-corrected chi connectivity index (χ0v) is 13.7. The highest BCUT2D eigenvalue weighted by Crippen LogP contribution is 2.28. The molecule has 0 aliphatic carbocycles. The molecule has 0 fully saturated rings. The number of nitrogens with zero attached hydrogens (tertiary/aromatic N) is 2. The van der Waals surface area contributed by atoms with Crippen LogP contribution in [0, 0.1) is 12.7 Å². The number of carbonyl (C=O) groups excluding carboxylic acids is 1. The molecule has 130 valence electrons. The minimum absolute atomic E-state index is 0.0172. The van der Waals surface area contributed by atoms with Crippen LogP contribution in [-0.2, 0) is 11.3 Å². The zero-order valence-electron chi connectivity index (χ0n) is 13.7. The van der Waals surface area contributed by atoms with Gasteiger partial charge in [-0.25, -0.2) is 14.2 Å². The van der Waals surface area contributed by atoms with Crippen LogP contribution >= 0.6 is 0 Å². The molecule has 0 atom stereocenters. The van der Waals surface area contributed by atoms with Crippen LogP contribution in [0.4, 0.5) is 4.39 Å². The lowest BCUT2D eigenvalue weighted by molar-refractivity contribution is 0.0475. The van der Waals surface area contributed by atoms with Gasteiger partial charge in [0.15, 0.2) is 5.76 Å². The number of hydrogen-bond donors (Lipinski definition) is 0. The third-order valence-corrected chi connectivity index (χ3v) is 3.89. The Labute approximate surface area is 147 Å². The van der Waals surface area contributed by atoms with Gasteiger partial charge in [0.25, 0.3) is 5.71 Å². The standard InChI is InChI=1S/C19H13FN2O4/c1-11-17-14(19(23)25-10-12-4-6-13(20)7-5-12)9-15(16-3-2-8-24-16)21-18(17)26-22-11/h2-9H,10H2,1H3. The summed E-state index contributed by atoms with van der Waals surface area (Å²) in [5.41, 5.74) is 2.16. The van der Waals surface area contributed by atoms with Crippen LogP contribution in [-0.4, -0.2) is 16.1 Å². The van der Waals surface area contributed by atoms with Crippen LogP contribution in [0.15, 0.2) is 57.7 Å². The molecule has 0 saturated heterocycles. The topological polar surface area (TPSA) is 78.4 Å². The van der Waals surface area contributed by atoms with Crippen molar-refractivity contribution in [3.8, 4) is 11.5 Å². The first-order chi connectivity index (χ1) is 12.6. The Balaban J connectivity index is 1.68. The predicted molar refractivity (Wildman–Crippen MR) is 89.8 cm³/mol. The average molecular weight is 352 g/mol. The fourth-order valence-electron chi connectivity index (χ4n) is 2.61. The molecule has 0 amide bonds. The van der Waals surface area contributed by atoms with Crippen molar-refractivity contribution >= 4 is 17.1 Å². The lowest BCUT2D eigenvalue weighted by atomic mass is 10.1. The van der Waals surface area contributed by atoms with E-state index in [2.05, 4.69) is 10.1 Å². The van der Waals surface area contributed by atoms with Gasteiger partial charge >= 0.3 is 5.97 Å². The number of carbonyl (C=O) groups is 1. The van der Waals surface area contributed by atoms with Crippen LogP contribution in [0.2, 0.25) is 0 Å². The first-order valence-electron chi connectivity index (χ1n) is 7.84. The maximum atomic E-state index is 13.0. The molecular weight excluding hydrogens is 339 g/mol. The Morgan fingerprint density at radius 2 is 2.04 bits per heavy atom. The first-order valence-corrected chi connectivity index (χ1v) is 7.84. The highest BCUT2D eigenvalue weighted by Gasteiger charge is 2.21. The second-order valence-electron chi connectivity index (χ2n) is 5.68. The lowest BCUT2D eigenvalue weighted by Crippen LogP contribution is -2.07. The largest absolute Gasteiger partial charge is 0.463 e. The molecule has 7 heteroatoms. The molecule has 4 rings (SSSR count). The Kier molecular flexibility index (Phi) is 3.96. The van der Waals surface area contributed by atoms with Gasteiger partial charge in [0.05, 0.1) is 22.9 Å². The van der Waals surface area contributed by atoms with E-state index in [1.165, 1.54) is 18.4 Å². The summed E-state index contributed by atoms with van der Waals surface area (Å²) >= 11 is 0. The second-order valence-corrected chi connectivity index (χ2v) is 5.68. The van der Waals surface area contributed by atoms with Gasteiger partial charge in [0.2, 0.25) is 0 Å². The van der Waals surface area contributed by atoms with Crippen molar-refractivity contribution in [2.24, 2.45) is 0 Å². The van der Waals surface area contributed by atoms with Crippen LogP contribution in [0.1, 0.15) is 21.6 Å². The minimum Gasteiger partial charge on any atom is -0.463 e. The van der Waals surface area contributed by atoms with E-state index in [-0.39, 0.29) is 23.7 Å². The summed E-state index contributed by atoms with van der Waals surface area (Å²) < 4.78 is 28.9. The Hall–Kier alpha value is -3.48. The van der Waals surface area contributed by atoms with E-state index in [0.29, 0.717) is 28.1 Å². The number of benzene rings is 1. The van der Waals surface area contributed by atoms with Gasteiger partial charge in [0, 0.05) is 0 Å². The summed E-state index contributed by atoms with van der Waals surface area (Å²) in [6.07, 6.45) is 1.51. The molecule has 0 N–H and O–H groups in total. The number of furan rings is 1. The lowest BCUT2D eigenvalue weighted by Gasteiger charge is -2.07. The van der Waals surface area contributed by atoms with Gasteiger partial charge in [-0.1, -0.05) is 17.3 Å². The number of hydrogen-bond acceptors (Lipinski definition) is 6. The third kappa shape index (κ3) is 2.95. The number of ether oxygens (including phenoxy) is 1. The molecule has 0 radical (unpaired) electrons. The fraction of sp³-hybridized carbons (Fsp3) is 0.105. The number of aryl methyl sites for hydroxylation is 1. The molecule has 0 bridgehead atoms. The van der Waals surface area contributed by atoms with Crippen molar-refractivity contribution in [3.05, 3.63) is 71.4 Å². The van der Waals surface area contributed by atoms with Gasteiger partial charge in [-0.2, -0.15) is 0 Å². The van der Waals surface area contributed by atoms with Crippen molar-refractivity contribution < 1.29 is 22.9 Å². The third-order valence-electron chi connectivity index (χ3n) is 3.89. The van der Waals surface area contributed by atoms with E-state index in [1.54, 1.807) is 37.3 Å². The summed E-state index contributed by atoms with van der Waals surface area (Å²) in [6.45, 7) is 1.74. The van der Waals surface area contributed by atoms with Crippen molar-refractivity contribution in [2.75, 3.05) is 0 Å². The number of aromatic nitrogens is 2. The molecule has 0 unspecified atom stereocenters. The molecule has 6 nitrogen and oxygen atoms in total. The molecule has 0 spiro atoms. The van der Waals surface area contributed by atoms with Crippen LogP contribution in [0.5, 0.6) is 0 Å². The van der Waals surface area contributed by atoms with Crippen molar-refractivity contribution in [1.29, 1.82) is 0 Å². The molecule has 3 heterocycles. The predicted octanol–water partition coefficient (Wildman–Crippen LogP) is 4.29. The number of halogens is 1. The quantitative estimate of drug-likeness (QED) is 0.510. The second kappa shape index (κ2) is 6.44. The summed E-state index contributed by atoms with van der Waals surface area (Å²) in [6, 6.07) is 10.8. The zero-order chi connectivity index (χ0) is 18.1. The van der Waals surface area contributed by atoms with Crippen LogP contribution < -0.4 is 0 Å². The molecule has 26 heavy (non-hydrogen) atoms. The summed E-state index contributed by atoms with van der Waals surface area (Å²) in [4.78, 5) is 17.0. The summed E-state index contributed by atoms with van der Waals surface area (Å²) in [5.74, 6) is -0.409. The van der Waals surface area contributed by atoms with E-state index in [1.807, 2.05) is 0 Å². The average Bonchev–Trinajstić information content (AvgIpc) is 3.31. The number of rotatable bonds is 4. The van der Waals surface area contributed by atoms with Crippen LogP contribution in [0.3, 0.4) is 0 Å². The van der Waals surface area contributed by atoms with Gasteiger partial charge in [-0.3, -0.25) is 0 Å². The van der Waals surface area contributed by atoms with E-state index < -0.39 is 5.97 Å². The highest BCUT2D eigenvalue weighted by molar-refractivity contribution is 6.04. The monoisotopic (exact) mass is 352 g/mol. The van der Waals surface area contributed by atoms with Gasteiger partial charge in [-0.15, -0.1) is 0 Å². The molecule has 0 aliphatic rings. The number of fused-ring (bicyclic) bond motifs is 1. The smallest absolute Gasteiger partial charge is 0.339 e. The highest BCUT2D eigenvalue weighted by atomic mass is 19.1. The molecule has 0 saturated carbocycles. The number of pyridine rings is 1. The van der Waals surface area contributed by atoms with E-state index >= 15 is 0 Å². The summed E-state index contributed by atoms with van der Waals surface area (Å²) in [5, 5.41) is 4.36. The maximum absolute atomic E-state index is 13.0. The van der Waals surface area contributed by atoms with E-state index in [4.69, 9.17) is 13.7 Å². The van der Waals surface area contributed by atoms with Gasteiger partial charge in [-0.05, 0) is 42.8 Å². The molecule has 1 aromatic carbocycles. The minimum atomic E-state index is -0.555. The van der Waals surface area contributed by atoms with Gasteiger partial charge in [0.1, 0.15) is 18.1 Å². The molecule has 4 aromatic rings. The van der Waals surface area contributed by atoms with Gasteiger partial charge < -0.3 is 13.7 Å². The Morgan fingerprint density at radius 3 is 2.77 bits per heavy atom. The Bertz CT molecular complexity index is 1070. The molecule has 3 aromatic heterocycles. The SMILES string of the molecule is Cc1noc2nc(-c3ccco3)cc(C(=O)OCc3ccc(F)cc3)c12. The van der Waals surface area contributed by atoms with Crippen molar-refractivity contribution in [2.45, 2.75) is 13.5 Å². The van der Waals surface area contributed by atoms with E-state index in [9.17, 15) is 9.18 Å². The molecule has 0 aliphatic heterocycles. The number of esters is 1. The fourth-order valence-corrected chi connectivity index (χ4v) is 2.61. The van der Waals surface area contributed by atoms with Crippen molar-refractivity contribution in [1.82, 2.24) is 10.1 Å². The van der Waals surface area contributed by atoms with Crippen LogP contribution in [0.25, 0.3) is 22.6 Å². The van der Waals surface area contributed by atoms with Crippen molar-refractivity contribution in [3.63, 3.8) is 0 Å². The molecular formula is C19H13FN2O4. The Morgan fingerprint density at radius 1 is 1.23 bits per heavy atom.